The molecule has 0 fully saturated rings. The molecule has 0 heterocycles. The lowest BCUT2D eigenvalue weighted by Crippen LogP contribution is -2.63. The quantitative estimate of drug-likeness (QED) is 0.0336. The Bertz CT molecular complexity index is 526. The number of alkyl halides is 7. The highest BCUT2D eigenvalue weighted by Crippen LogP contribution is 2.22. The molecule has 0 bridgehead atoms. The third-order valence-corrected chi connectivity index (χ3v) is 5.99. The summed E-state index contributed by atoms with van der Waals surface area (Å²) >= 11 is 6.80. The molecule has 35 heavy (non-hydrogen) atoms. The number of nitrogens with one attached hydrogen (secondary N) is 5. The van der Waals surface area contributed by atoms with Crippen molar-refractivity contribution in [1.29, 1.82) is 0 Å². The number of nitrogens with zero attached hydrogens (tertiary/aromatic N) is 1. The first-order valence-electron chi connectivity index (χ1n) is 12.6. The van der Waals surface area contributed by atoms with Gasteiger partial charge in [-0.25, -0.2) is 10.9 Å². The highest BCUT2D eigenvalue weighted by Gasteiger charge is 2.39. The molecule has 0 aliphatic rings. The Labute approximate surface area is 211 Å². The van der Waals surface area contributed by atoms with E-state index in [1.807, 2.05) is 5.43 Å². The largest absolute Gasteiger partial charge is 0.404 e. The molecule has 3 atom stereocenters. The van der Waals surface area contributed by atoms with Crippen LogP contribution in [0.2, 0.25) is 0 Å². The summed E-state index contributed by atoms with van der Waals surface area (Å²) in [5.41, 5.74) is 4.13. The normalized spacial score (nSPS) is 16.5. The minimum absolute atomic E-state index is 0.303. The maximum Gasteiger partial charge on any atom is 0.404 e. The zero-order valence-corrected chi connectivity index (χ0v) is 22.2. The summed E-state index contributed by atoms with van der Waals surface area (Å²) in [7, 11) is 1.49. The van der Waals surface area contributed by atoms with Gasteiger partial charge in [-0.05, 0) is 59.2 Å². The van der Waals surface area contributed by atoms with Crippen molar-refractivity contribution in [3.8, 4) is 0 Å². The van der Waals surface area contributed by atoms with E-state index in [0.29, 0.717) is 25.7 Å². The molecule has 0 aromatic rings. The predicted octanol–water partition coefficient (Wildman–Crippen LogP) is 5.37. The molecule has 212 valence electrons. The number of hydrogen-bond acceptors (Lipinski definition) is 6. The molecule has 0 aliphatic carbocycles. The Hall–Kier alpha value is -0.370. The molecule has 6 nitrogen and oxygen atoms in total. The maximum atomic E-state index is 13.0. The minimum atomic E-state index is -4.61. The first-order chi connectivity index (χ1) is 16.3. The molecule has 0 rings (SSSR count). The molecule has 3 unspecified atom stereocenters. The lowest BCUT2D eigenvalue weighted by molar-refractivity contribution is -0.180. The zero-order valence-electron chi connectivity index (χ0n) is 21.4. The Morgan fingerprint density at radius 1 is 0.829 bits per heavy atom. The van der Waals surface area contributed by atoms with Gasteiger partial charge in [0.25, 0.3) is 0 Å². The van der Waals surface area contributed by atoms with E-state index in [2.05, 4.69) is 35.2 Å². The minimum Gasteiger partial charge on any atom is -0.303 e. The molecule has 0 saturated heterocycles. The van der Waals surface area contributed by atoms with Gasteiger partial charge < -0.3 is 5.32 Å². The fourth-order valence-electron chi connectivity index (χ4n) is 3.35. The smallest absolute Gasteiger partial charge is 0.303 e. The van der Waals surface area contributed by atoms with Crippen LogP contribution >= 0.6 is 11.6 Å². The Morgan fingerprint density at radius 3 is 1.94 bits per heavy atom. The highest BCUT2D eigenvalue weighted by atomic mass is 35.5. The van der Waals surface area contributed by atoms with Gasteiger partial charge >= 0.3 is 12.4 Å². The van der Waals surface area contributed by atoms with Crippen molar-refractivity contribution in [3.05, 3.63) is 0 Å². The van der Waals surface area contributed by atoms with E-state index >= 15 is 0 Å². The Kier molecular flexibility index (Phi) is 17.8. The van der Waals surface area contributed by atoms with Crippen LogP contribution in [0.5, 0.6) is 0 Å². The standard InChI is InChI=1S/C22H45ClF6N6/c1-5-7-9-12-16-32-20(23,31-15-8-6-2)14-11-10-13-19(30-4)35(33-17-21(24,25)26)34-18(3)22(27,28)29/h18-19,30-34H,5-17H2,1-4H3. The number of hydrazine groups is 2. The van der Waals surface area contributed by atoms with Crippen LogP contribution in [0.25, 0.3) is 0 Å². The van der Waals surface area contributed by atoms with E-state index in [9.17, 15) is 26.3 Å². The maximum absolute atomic E-state index is 13.0. The van der Waals surface area contributed by atoms with Crippen LogP contribution in [0, 0.1) is 0 Å². The van der Waals surface area contributed by atoms with Gasteiger partial charge in [0.15, 0.2) is 0 Å². The molecule has 0 aliphatic heterocycles. The molecule has 0 radical (unpaired) electrons. The Morgan fingerprint density at radius 2 is 1.43 bits per heavy atom. The summed E-state index contributed by atoms with van der Waals surface area (Å²) in [4.78, 5) is 0. The van der Waals surface area contributed by atoms with Crippen molar-refractivity contribution in [2.45, 2.75) is 115 Å². The number of unbranched alkanes of at least 4 members (excludes halogenated alkanes) is 5. The highest BCUT2D eigenvalue weighted by molar-refractivity contribution is 6.23. The fourth-order valence-corrected chi connectivity index (χ4v) is 3.67. The molecule has 13 heteroatoms. The molecule has 0 aromatic heterocycles. The van der Waals surface area contributed by atoms with Gasteiger partial charge in [-0.15, -0.1) is 0 Å². The van der Waals surface area contributed by atoms with Crippen LogP contribution < -0.4 is 26.8 Å². The van der Waals surface area contributed by atoms with Gasteiger partial charge in [-0.3, -0.25) is 10.6 Å². The first-order valence-corrected chi connectivity index (χ1v) is 12.9. The molecule has 0 spiro atoms. The summed E-state index contributed by atoms with van der Waals surface area (Å²) in [5.74, 6) is 0. The van der Waals surface area contributed by atoms with E-state index in [1.165, 1.54) is 7.05 Å². The van der Waals surface area contributed by atoms with Gasteiger partial charge in [-0.2, -0.15) is 31.5 Å². The average molecular weight is 543 g/mol. The van der Waals surface area contributed by atoms with Crippen LogP contribution in [-0.4, -0.2) is 61.5 Å². The van der Waals surface area contributed by atoms with Crippen molar-refractivity contribution < 1.29 is 26.3 Å². The van der Waals surface area contributed by atoms with Crippen LogP contribution in [0.15, 0.2) is 0 Å². The van der Waals surface area contributed by atoms with Gasteiger partial charge in [0, 0.05) is 0 Å². The number of rotatable bonds is 21. The second-order valence-corrected chi connectivity index (χ2v) is 9.48. The monoisotopic (exact) mass is 542 g/mol. The molecule has 0 amide bonds. The van der Waals surface area contributed by atoms with E-state index in [-0.39, 0.29) is 0 Å². The first kappa shape index (κ1) is 34.6. The summed E-state index contributed by atoms with van der Waals surface area (Å²) in [6.45, 7) is 5.12. The van der Waals surface area contributed by atoms with Gasteiger partial charge in [-0.1, -0.05) is 57.6 Å². The molecular formula is C22H45ClF6N6. The second-order valence-electron chi connectivity index (χ2n) is 8.83. The van der Waals surface area contributed by atoms with E-state index < -0.39 is 36.2 Å². The second kappa shape index (κ2) is 18.0. The molecule has 5 N–H and O–H groups in total. The van der Waals surface area contributed by atoms with E-state index in [1.54, 1.807) is 0 Å². The van der Waals surface area contributed by atoms with Gasteiger partial charge in [0.1, 0.15) is 17.7 Å². The predicted molar refractivity (Wildman–Crippen MR) is 130 cm³/mol. The fraction of sp³-hybridized carbons (Fsp3) is 1.00. The van der Waals surface area contributed by atoms with Gasteiger partial charge in [0.05, 0.1) is 6.17 Å². The summed E-state index contributed by atoms with van der Waals surface area (Å²) in [6.07, 6.45) is -1.56. The molecule has 0 aromatic carbocycles. The van der Waals surface area contributed by atoms with Crippen molar-refractivity contribution >= 4 is 11.6 Å². The van der Waals surface area contributed by atoms with Crippen molar-refractivity contribution in [2.75, 3.05) is 26.7 Å². The van der Waals surface area contributed by atoms with Crippen molar-refractivity contribution in [2.24, 2.45) is 0 Å². The Balaban J connectivity index is 4.94. The third kappa shape index (κ3) is 17.7. The molecular weight excluding hydrogens is 498 g/mol. The number of hydrogen-bond donors (Lipinski definition) is 5. The summed E-state index contributed by atoms with van der Waals surface area (Å²) in [5, 5.41) is 9.48. The summed E-state index contributed by atoms with van der Waals surface area (Å²) in [6, 6.07) is -2.03. The average Bonchev–Trinajstić information content (AvgIpc) is 2.76. The topological polar surface area (TPSA) is 63.4 Å². The lowest BCUT2D eigenvalue weighted by Gasteiger charge is -2.35. The lowest BCUT2D eigenvalue weighted by atomic mass is 10.1. The molecule has 0 saturated carbocycles. The van der Waals surface area contributed by atoms with Crippen molar-refractivity contribution in [3.63, 3.8) is 0 Å². The van der Waals surface area contributed by atoms with Crippen molar-refractivity contribution in [1.82, 2.24) is 31.9 Å². The van der Waals surface area contributed by atoms with E-state index in [4.69, 9.17) is 11.6 Å². The van der Waals surface area contributed by atoms with Crippen LogP contribution in [0.4, 0.5) is 26.3 Å². The van der Waals surface area contributed by atoms with Crippen LogP contribution in [0.3, 0.4) is 0 Å². The number of halogens is 7. The van der Waals surface area contributed by atoms with Gasteiger partial charge in [0.2, 0.25) is 0 Å². The van der Waals surface area contributed by atoms with E-state index in [0.717, 1.165) is 63.7 Å². The SMILES string of the molecule is CCCCCCNC(Cl)(CCCCC(NC)N(NCC(F)(F)F)NC(C)C(F)(F)F)NCCCC. The van der Waals surface area contributed by atoms with Crippen LogP contribution in [-0.2, 0) is 0 Å². The third-order valence-electron chi connectivity index (χ3n) is 5.54. The zero-order chi connectivity index (χ0) is 27.0. The summed E-state index contributed by atoms with van der Waals surface area (Å²) < 4.78 is 77.1. The van der Waals surface area contributed by atoms with Crippen LogP contribution in [0.1, 0.15) is 85.0 Å².